The quantitative estimate of drug-likeness (QED) is 0.842. The van der Waals surface area contributed by atoms with Gasteiger partial charge in [-0.25, -0.2) is 13.6 Å². The third-order valence-corrected chi connectivity index (χ3v) is 3.30. The molecule has 1 fully saturated rings. The first-order chi connectivity index (χ1) is 9.74. The van der Waals surface area contributed by atoms with Crippen LogP contribution < -0.4 is 0 Å². The normalized spacial score (nSPS) is 18.9. The second-order valence-electron chi connectivity index (χ2n) is 6.37. The molecule has 2 heterocycles. The van der Waals surface area contributed by atoms with Crippen LogP contribution in [0.4, 0.5) is 13.6 Å². The van der Waals surface area contributed by atoms with Crippen LogP contribution in [0.15, 0.2) is 12.3 Å². The lowest BCUT2D eigenvalue weighted by molar-refractivity contribution is 0.0288. The molecular weight excluding hydrogens is 278 g/mol. The smallest absolute Gasteiger partial charge is 0.410 e. The zero-order valence-corrected chi connectivity index (χ0v) is 12.5. The highest BCUT2D eigenvalue weighted by atomic mass is 19.1. The van der Waals surface area contributed by atoms with Gasteiger partial charge in [-0.15, -0.1) is 0 Å². The molecule has 1 atom stereocenters. The van der Waals surface area contributed by atoms with Crippen molar-refractivity contribution in [3.05, 3.63) is 29.6 Å². The lowest BCUT2D eigenvalue weighted by atomic mass is 10.0. The molecule has 0 aromatic carbocycles. The van der Waals surface area contributed by atoms with Gasteiger partial charge in [-0.05, 0) is 39.5 Å². The van der Waals surface area contributed by atoms with E-state index >= 15 is 0 Å². The van der Waals surface area contributed by atoms with Gasteiger partial charge >= 0.3 is 6.09 Å². The van der Waals surface area contributed by atoms with E-state index in [9.17, 15) is 13.6 Å². The predicted molar refractivity (Wildman–Crippen MR) is 73.8 cm³/mol. The van der Waals surface area contributed by atoms with Crippen LogP contribution in [-0.4, -0.2) is 34.7 Å². The van der Waals surface area contributed by atoms with Gasteiger partial charge in [0, 0.05) is 19.2 Å². The average molecular weight is 298 g/mol. The minimum Gasteiger partial charge on any atom is -0.444 e. The van der Waals surface area contributed by atoms with Crippen molar-refractivity contribution in [1.29, 1.82) is 0 Å². The van der Waals surface area contributed by atoms with E-state index in [4.69, 9.17) is 4.74 Å². The minimum absolute atomic E-state index is 0.116. The molecule has 1 amide bonds. The second-order valence-corrected chi connectivity index (χ2v) is 6.37. The van der Waals surface area contributed by atoms with Gasteiger partial charge in [0.05, 0.1) is 11.9 Å². The second kappa shape index (κ2) is 5.95. The number of amides is 1. The lowest BCUT2D eigenvalue weighted by Crippen LogP contribution is -2.35. The van der Waals surface area contributed by atoms with Gasteiger partial charge in [-0.1, -0.05) is 0 Å². The van der Waals surface area contributed by atoms with Crippen LogP contribution in [0.3, 0.4) is 0 Å². The number of rotatable bonds is 2. The summed E-state index contributed by atoms with van der Waals surface area (Å²) in [5.41, 5.74) is -0.285. The van der Waals surface area contributed by atoms with E-state index in [0.717, 1.165) is 18.7 Å². The maximum Gasteiger partial charge on any atom is 0.410 e. The SMILES string of the molecule is CC(C)(C)OC(=O)N1CCC(Cc2ncc(F)cc2F)C1. The molecule has 1 unspecified atom stereocenters. The highest BCUT2D eigenvalue weighted by Gasteiger charge is 2.30. The van der Waals surface area contributed by atoms with Crippen LogP contribution in [0.2, 0.25) is 0 Å². The third kappa shape index (κ3) is 4.37. The first kappa shape index (κ1) is 15.7. The van der Waals surface area contributed by atoms with Crippen molar-refractivity contribution in [1.82, 2.24) is 9.88 Å². The Morgan fingerprint density at radius 2 is 2.19 bits per heavy atom. The maximum absolute atomic E-state index is 13.6. The Balaban J connectivity index is 1.92. The Morgan fingerprint density at radius 3 is 2.81 bits per heavy atom. The zero-order chi connectivity index (χ0) is 15.6. The minimum atomic E-state index is -0.682. The molecule has 0 aliphatic carbocycles. The highest BCUT2D eigenvalue weighted by Crippen LogP contribution is 2.23. The van der Waals surface area contributed by atoms with Crippen molar-refractivity contribution in [2.45, 2.75) is 39.2 Å². The van der Waals surface area contributed by atoms with Crippen LogP contribution in [0.25, 0.3) is 0 Å². The molecule has 1 aliphatic rings. The summed E-state index contributed by atoms with van der Waals surface area (Å²) < 4.78 is 31.7. The van der Waals surface area contributed by atoms with E-state index < -0.39 is 17.2 Å². The van der Waals surface area contributed by atoms with Gasteiger partial charge in [0.1, 0.15) is 17.2 Å². The van der Waals surface area contributed by atoms with E-state index in [2.05, 4.69) is 4.98 Å². The molecule has 116 valence electrons. The fraction of sp³-hybridized carbons (Fsp3) is 0.600. The Morgan fingerprint density at radius 1 is 1.48 bits per heavy atom. The number of hydrogen-bond acceptors (Lipinski definition) is 3. The number of carbonyl (C=O) groups excluding carboxylic acids is 1. The first-order valence-electron chi connectivity index (χ1n) is 7.02. The maximum atomic E-state index is 13.6. The van der Waals surface area contributed by atoms with E-state index in [1.165, 1.54) is 0 Å². The molecule has 0 N–H and O–H groups in total. The van der Waals surface area contributed by atoms with Gasteiger partial charge in [-0.3, -0.25) is 4.98 Å². The number of likely N-dealkylation sites (tertiary alicyclic amines) is 1. The van der Waals surface area contributed by atoms with Crippen LogP contribution in [0, 0.1) is 17.6 Å². The Hall–Kier alpha value is -1.72. The van der Waals surface area contributed by atoms with E-state index in [1.807, 2.05) is 20.8 Å². The molecule has 2 rings (SSSR count). The molecule has 6 heteroatoms. The topological polar surface area (TPSA) is 42.4 Å². The van der Waals surface area contributed by atoms with Crippen molar-refractivity contribution in [2.75, 3.05) is 13.1 Å². The molecule has 1 aromatic rings. The number of ether oxygens (including phenoxy) is 1. The van der Waals surface area contributed by atoms with Gasteiger partial charge < -0.3 is 9.64 Å². The molecular formula is C15H20F2N2O2. The van der Waals surface area contributed by atoms with Crippen molar-refractivity contribution >= 4 is 6.09 Å². The summed E-state index contributed by atoms with van der Waals surface area (Å²) in [6.07, 6.45) is 1.82. The number of hydrogen-bond donors (Lipinski definition) is 0. The van der Waals surface area contributed by atoms with E-state index in [-0.39, 0.29) is 17.7 Å². The van der Waals surface area contributed by atoms with Crippen molar-refractivity contribution in [2.24, 2.45) is 5.92 Å². The summed E-state index contributed by atoms with van der Waals surface area (Å²) >= 11 is 0. The largest absolute Gasteiger partial charge is 0.444 e. The Bertz CT molecular complexity index is 529. The standard InChI is InChI=1S/C15H20F2N2O2/c1-15(2,3)21-14(20)19-5-4-10(9-19)6-13-12(17)7-11(16)8-18-13/h7-8,10H,4-6,9H2,1-3H3. The monoisotopic (exact) mass is 298 g/mol. The summed E-state index contributed by atoms with van der Waals surface area (Å²) in [6, 6.07) is 0.836. The molecule has 1 aromatic heterocycles. The molecule has 0 radical (unpaired) electrons. The van der Waals surface area contributed by atoms with E-state index in [0.29, 0.717) is 19.5 Å². The molecule has 0 bridgehead atoms. The van der Waals surface area contributed by atoms with Gasteiger partial charge in [0.25, 0.3) is 0 Å². The fourth-order valence-corrected chi connectivity index (χ4v) is 2.36. The molecule has 4 nitrogen and oxygen atoms in total. The van der Waals surface area contributed by atoms with Crippen molar-refractivity contribution in [3.63, 3.8) is 0 Å². The Kier molecular flexibility index (Phi) is 4.44. The van der Waals surface area contributed by atoms with Crippen LogP contribution in [-0.2, 0) is 11.2 Å². The molecule has 1 saturated heterocycles. The van der Waals surface area contributed by atoms with Crippen LogP contribution in [0.1, 0.15) is 32.9 Å². The van der Waals surface area contributed by atoms with Crippen molar-refractivity contribution in [3.8, 4) is 0 Å². The molecule has 0 saturated carbocycles. The van der Waals surface area contributed by atoms with Gasteiger partial charge in [-0.2, -0.15) is 0 Å². The number of carbonyl (C=O) groups is 1. The van der Waals surface area contributed by atoms with E-state index in [1.54, 1.807) is 4.90 Å². The number of halogens is 2. The highest BCUT2D eigenvalue weighted by molar-refractivity contribution is 5.68. The first-order valence-corrected chi connectivity index (χ1v) is 7.02. The molecule has 1 aliphatic heterocycles. The molecule has 0 spiro atoms. The summed E-state index contributed by atoms with van der Waals surface area (Å²) in [6.45, 7) is 6.54. The third-order valence-electron chi connectivity index (χ3n) is 3.30. The lowest BCUT2D eigenvalue weighted by Gasteiger charge is -2.24. The van der Waals surface area contributed by atoms with Crippen LogP contribution >= 0.6 is 0 Å². The summed E-state index contributed by atoms with van der Waals surface area (Å²) in [4.78, 5) is 17.3. The van der Waals surface area contributed by atoms with Crippen LogP contribution in [0.5, 0.6) is 0 Å². The van der Waals surface area contributed by atoms with Gasteiger partial charge in [0.2, 0.25) is 0 Å². The predicted octanol–water partition coefficient (Wildman–Crippen LogP) is 3.16. The fourth-order valence-electron chi connectivity index (χ4n) is 2.36. The summed E-state index contributed by atoms with van der Waals surface area (Å²) in [7, 11) is 0. The molecule has 21 heavy (non-hydrogen) atoms. The van der Waals surface area contributed by atoms with Gasteiger partial charge in [0.15, 0.2) is 0 Å². The number of aromatic nitrogens is 1. The zero-order valence-electron chi connectivity index (χ0n) is 12.5. The number of pyridine rings is 1. The summed E-state index contributed by atoms with van der Waals surface area (Å²) in [5, 5.41) is 0. The van der Waals surface area contributed by atoms with Crippen molar-refractivity contribution < 1.29 is 18.3 Å². The summed E-state index contributed by atoms with van der Waals surface area (Å²) in [5.74, 6) is -1.20. The average Bonchev–Trinajstić information content (AvgIpc) is 2.79. The number of nitrogens with zero attached hydrogens (tertiary/aromatic N) is 2. The Labute approximate surface area is 123 Å².